The maximum absolute atomic E-state index is 11.4. The number of allylic oxidation sites excluding steroid dienone is 4. The molecular formula is C28H42O5. The molecule has 0 spiro atoms. The third-order valence-corrected chi connectivity index (χ3v) is 8.82. The molecule has 4 N–H and O–H groups in total. The van der Waals surface area contributed by atoms with Crippen LogP contribution in [0.3, 0.4) is 0 Å². The maximum Gasteiger partial charge on any atom is 0.312 e. The highest BCUT2D eigenvalue weighted by atomic mass is 16.4. The van der Waals surface area contributed by atoms with Gasteiger partial charge in [0.25, 0.3) is 0 Å². The first-order valence-corrected chi connectivity index (χ1v) is 12.4. The van der Waals surface area contributed by atoms with Crippen molar-refractivity contribution in [1.82, 2.24) is 0 Å². The summed E-state index contributed by atoms with van der Waals surface area (Å²) >= 11 is 0. The smallest absolute Gasteiger partial charge is 0.312 e. The number of aliphatic carboxylic acids is 1. The Bertz CT molecular complexity index is 850. The summed E-state index contributed by atoms with van der Waals surface area (Å²) < 4.78 is 0. The average Bonchev–Trinajstić information content (AvgIpc) is 3.10. The number of carboxylic acid groups (broad SMARTS) is 1. The molecule has 0 bridgehead atoms. The van der Waals surface area contributed by atoms with Gasteiger partial charge in [0.15, 0.2) is 0 Å². The molecule has 0 aromatic carbocycles. The summed E-state index contributed by atoms with van der Waals surface area (Å²) in [5.41, 5.74) is 2.08. The highest BCUT2D eigenvalue weighted by Gasteiger charge is 2.50. The Morgan fingerprint density at radius 1 is 1.21 bits per heavy atom. The second-order valence-corrected chi connectivity index (χ2v) is 11.4. The molecule has 3 unspecified atom stereocenters. The van der Waals surface area contributed by atoms with E-state index in [0.717, 1.165) is 36.8 Å². The molecule has 3 fully saturated rings. The van der Waals surface area contributed by atoms with Gasteiger partial charge in [0.1, 0.15) is 0 Å². The SMILES string of the molecule is C=C1C(=CC=C2CCC[C@]3(C)[C@@H]([C@H](C)C=CC(O)C(C)(C)C(=O)O)CC[C@@H]23)CC(O)CC1O. The lowest BCUT2D eigenvalue weighted by Gasteiger charge is -2.44. The summed E-state index contributed by atoms with van der Waals surface area (Å²) in [7, 11) is 0. The molecule has 3 rings (SSSR count). The van der Waals surface area contributed by atoms with Gasteiger partial charge in [-0.1, -0.05) is 50.3 Å². The molecule has 5 nitrogen and oxygen atoms in total. The van der Waals surface area contributed by atoms with Crippen molar-refractivity contribution in [2.75, 3.05) is 0 Å². The van der Waals surface area contributed by atoms with Crippen LogP contribution >= 0.6 is 0 Å². The zero-order chi connectivity index (χ0) is 24.6. The largest absolute Gasteiger partial charge is 0.481 e. The Labute approximate surface area is 198 Å². The fraction of sp³-hybridized carbons (Fsp3) is 0.679. The van der Waals surface area contributed by atoms with Crippen molar-refractivity contribution in [3.8, 4) is 0 Å². The van der Waals surface area contributed by atoms with E-state index < -0.39 is 29.7 Å². The molecule has 3 aliphatic rings. The number of carbonyl (C=O) groups is 1. The van der Waals surface area contributed by atoms with Crippen LogP contribution in [0, 0.1) is 28.6 Å². The van der Waals surface area contributed by atoms with Gasteiger partial charge in [0.2, 0.25) is 0 Å². The van der Waals surface area contributed by atoms with E-state index in [4.69, 9.17) is 0 Å². The number of hydrogen-bond donors (Lipinski definition) is 4. The van der Waals surface area contributed by atoms with E-state index in [1.165, 1.54) is 12.0 Å². The molecule has 3 aliphatic carbocycles. The molecule has 0 aromatic rings. The van der Waals surface area contributed by atoms with Crippen molar-refractivity contribution < 1.29 is 25.2 Å². The average molecular weight is 459 g/mol. The van der Waals surface area contributed by atoms with E-state index in [-0.39, 0.29) is 11.3 Å². The minimum absolute atomic E-state index is 0.169. The van der Waals surface area contributed by atoms with Gasteiger partial charge in [-0.25, -0.2) is 0 Å². The van der Waals surface area contributed by atoms with Gasteiger partial charge < -0.3 is 20.4 Å². The van der Waals surface area contributed by atoms with E-state index in [1.807, 2.05) is 6.08 Å². The van der Waals surface area contributed by atoms with Crippen LogP contribution in [-0.4, -0.2) is 44.7 Å². The molecule has 0 radical (unpaired) electrons. The van der Waals surface area contributed by atoms with Crippen molar-refractivity contribution in [2.45, 2.75) is 91.0 Å². The lowest BCUT2D eigenvalue weighted by molar-refractivity contribution is -0.151. The minimum Gasteiger partial charge on any atom is -0.481 e. The van der Waals surface area contributed by atoms with E-state index in [2.05, 4.69) is 32.6 Å². The summed E-state index contributed by atoms with van der Waals surface area (Å²) in [6.07, 6.45) is 12.3. The van der Waals surface area contributed by atoms with Gasteiger partial charge in [0.05, 0.1) is 23.7 Å². The lowest BCUT2D eigenvalue weighted by Crippen LogP contribution is -2.37. The number of carboxylic acids is 1. The summed E-state index contributed by atoms with van der Waals surface area (Å²) in [6.45, 7) is 11.7. The first-order valence-electron chi connectivity index (χ1n) is 12.4. The van der Waals surface area contributed by atoms with Crippen LogP contribution in [0.4, 0.5) is 0 Å². The van der Waals surface area contributed by atoms with Crippen molar-refractivity contribution in [2.24, 2.45) is 28.6 Å². The normalized spacial score (nSPS) is 37.5. The van der Waals surface area contributed by atoms with Crippen LogP contribution in [0.1, 0.15) is 72.6 Å². The first-order chi connectivity index (χ1) is 15.4. The van der Waals surface area contributed by atoms with E-state index >= 15 is 0 Å². The number of aliphatic hydroxyl groups excluding tert-OH is 3. The lowest BCUT2D eigenvalue weighted by atomic mass is 9.61. The molecule has 0 aliphatic heterocycles. The fourth-order valence-corrected chi connectivity index (χ4v) is 6.39. The Hall–Kier alpha value is -1.69. The van der Waals surface area contributed by atoms with Crippen molar-refractivity contribution in [3.63, 3.8) is 0 Å². The second-order valence-electron chi connectivity index (χ2n) is 11.4. The van der Waals surface area contributed by atoms with Gasteiger partial charge in [-0.2, -0.15) is 0 Å². The fourth-order valence-electron chi connectivity index (χ4n) is 6.39. The van der Waals surface area contributed by atoms with Crippen LogP contribution in [0.5, 0.6) is 0 Å². The monoisotopic (exact) mass is 458 g/mol. The molecule has 0 saturated heterocycles. The van der Waals surface area contributed by atoms with Crippen molar-refractivity contribution in [3.05, 3.63) is 47.6 Å². The first kappa shape index (κ1) is 25.9. The standard InChI is InChI=1S/C28H42O5/c1-17(8-13-25(31)27(3,4)26(32)33)22-11-12-23-19(7-6-14-28(22,23)5)9-10-20-15-21(29)16-24(30)18(20)2/h8-10,13,17,21-25,29-31H,2,6-7,11-12,14-16H2,1,3-5H3,(H,32,33)/t17-,21?,22-,23+,24?,25?,28-/m1/s1. The maximum atomic E-state index is 11.4. The van der Waals surface area contributed by atoms with E-state index in [9.17, 15) is 25.2 Å². The summed E-state index contributed by atoms with van der Waals surface area (Å²) in [4.78, 5) is 11.4. The molecule has 184 valence electrons. The molecule has 3 saturated carbocycles. The van der Waals surface area contributed by atoms with E-state index in [1.54, 1.807) is 19.9 Å². The number of rotatable bonds is 6. The Morgan fingerprint density at radius 3 is 2.58 bits per heavy atom. The molecule has 33 heavy (non-hydrogen) atoms. The van der Waals surface area contributed by atoms with Crippen LogP contribution in [-0.2, 0) is 4.79 Å². The summed E-state index contributed by atoms with van der Waals surface area (Å²) in [5.74, 6) is 0.219. The van der Waals surface area contributed by atoms with E-state index in [0.29, 0.717) is 24.7 Å². The highest BCUT2D eigenvalue weighted by Crippen LogP contribution is 2.59. The number of hydrogen-bond acceptors (Lipinski definition) is 4. The predicted octanol–water partition coefficient (Wildman–Crippen LogP) is 4.79. The molecule has 7 atom stereocenters. The molecule has 0 heterocycles. The van der Waals surface area contributed by atoms with Gasteiger partial charge in [-0.15, -0.1) is 0 Å². The van der Waals surface area contributed by atoms with Crippen molar-refractivity contribution in [1.29, 1.82) is 0 Å². The van der Waals surface area contributed by atoms with Crippen molar-refractivity contribution >= 4 is 5.97 Å². The number of aliphatic hydroxyl groups is 3. The van der Waals surface area contributed by atoms with Crippen LogP contribution < -0.4 is 0 Å². The van der Waals surface area contributed by atoms with Gasteiger partial charge in [-0.3, -0.25) is 4.79 Å². The molecular weight excluding hydrogens is 416 g/mol. The van der Waals surface area contributed by atoms with Crippen LogP contribution in [0.2, 0.25) is 0 Å². The Balaban J connectivity index is 1.76. The zero-order valence-corrected chi connectivity index (χ0v) is 20.6. The van der Waals surface area contributed by atoms with Crippen LogP contribution in [0.25, 0.3) is 0 Å². The second kappa shape index (κ2) is 9.89. The van der Waals surface area contributed by atoms with Crippen LogP contribution in [0.15, 0.2) is 47.6 Å². The molecule has 0 aromatic heterocycles. The van der Waals surface area contributed by atoms with Gasteiger partial charge in [-0.05, 0) is 86.7 Å². The predicted molar refractivity (Wildman–Crippen MR) is 130 cm³/mol. The minimum atomic E-state index is -1.21. The third-order valence-electron chi connectivity index (χ3n) is 8.82. The highest BCUT2D eigenvalue weighted by molar-refractivity contribution is 5.74. The van der Waals surface area contributed by atoms with Gasteiger partial charge in [0, 0.05) is 6.42 Å². The quantitative estimate of drug-likeness (QED) is 0.429. The third kappa shape index (κ3) is 5.21. The number of fused-ring (bicyclic) bond motifs is 1. The Kier molecular flexibility index (Phi) is 7.77. The zero-order valence-electron chi connectivity index (χ0n) is 20.6. The summed E-state index contributed by atoms with van der Waals surface area (Å²) in [6, 6.07) is 0. The summed E-state index contributed by atoms with van der Waals surface area (Å²) in [5, 5.41) is 39.9. The Morgan fingerprint density at radius 2 is 1.91 bits per heavy atom. The topological polar surface area (TPSA) is 98.0 Å². The molecule has 5 heteroatoms. The van der Waals surface area contributed by atoms with Gasteiger partial charge >= 0.3 is 5.97 Å². The molecule has 0 amide bonds.